The maximum absolute atomic E-state index is 12.2. The predicted octanol–water partition coefficient (Wildman–Crippen LogP) is 3.64. The fourth-order valence-electron chi connectivity index (χ4n) is 2.56. The number of rotatable bonds is 7. The number of amides is 1. The summed E-state index contributed by atoms with van der Waals surface area (Å²) in [5.74, 6) is 1.32. The van der Waals surface area contributed by atoms with Crippen LogP contribution >= 0.6 is 11.6 Å². The third kappa shape index (κ3) is 5.04. The van der Waals surface area contributed by atoms with Crippen molar-refractivity contribution in [1.29, 1.82) is 0 Å². The number of benzene rings is 2. The highest BCUT2D eigenvalue weighted by Gasteiger charge is 2.08. The number of hydrogen-bond donors (Lipinski definition) is 1. The van der Waals surface area contributed by atoms with E-state index in [0.717, 1.165) is 16.9 Å². The van der Waals surface area contributed by atoms with Crippen LogP contribution < -0.4 is 10.1 Å². The Kier molecular flexibility index (Phi) is 6.03. The van der Waals surface area contributed by atoms with Gasteiger partial charge in [-0.2, -0.15) is 0 Å². The van der Waals surface area contributed by atoms with Crippen molar-refractivity contribution in [3.8, 4) is 17.1 Å². The van der Waals surface area contributed by atoms with Crippen LogP contribution in [0.1, 0.15) is 18.4 Å². The van der Waals surface area contributed by atoms with Gasteiger partial charge in [-0.05, 0) is 59.7 Å². The van der Waals surface area contributed by atoms with Gasteiger partial charge in [-0.25, -0.2) is 4.68 Å². The number of tetrazole rings is 1. The Bertz CT molecular complexity index is 941. The SMILES string of the molecule is Cc1cc(OCCCC(=O)Nc2cccc(-c3nnnn3C)c2)ccc1Cl. The van der Waals surface area contributed by atoms with Crippen molar-refractivity contribution in [2.45, 2.75) is 19.8 Å². The molecule has 0 aliphatic carbocycles. The molecule has 0 atom stereocenters. The van der Waals surface area contributed by atoms with Crippen LogP contribution in [0.25, 0.3) is 11.4 Å². The molecule has 1 N–H and O–H groups in total. The number of nitrogens with one attached hydrogen (secondary N) is 1. The van der Waals surface area contributed by atoms with E-state index in [1.165, 1.54) is 0 Å². The standard InChI is InChI=1S/C19H20ClN5O2/c1-13-11-16(8-9-17(13)20)27-10-4-7-18(26)21-15-6-3-5-14(12-15)19-22-23-24-25(19)2/h3,5-6,8-9,11-12H,4,7,10H2,1-2H3,(H,21,26). The Labute approximate surface area is 162 Å². The van der Waals surface area contributed by atoms with Gasteiger partial charge in [0.1, 0.15) is 5.75 Å². The maximum atomic E-state index is 12.2. The fourth-order valence-corrected chi connectivity index (χ4v) is 2.68. The highest BCUT2D eigenvalue weighted by molar-refractivity contribution is 6.31. The lowest BCUT2D eigenvalue weighted by Crippen LogP contribution is -2.13. The Balaban J connectivity index is 1.48. The van der Waals surface area contributed by atoms with Gasteiger partial charge in [-0.1, -0.05) is 23.7 Å². The predicted molar refractivity (Wildman–Crippen MR) is 104 cm³/mol. The van der Waals surface area contributed by atoms with Crippen molar-refractivity contribution >= 4 is 23.2 Å². The molecule has 7 nitrogen and oxygen atoms in total. The highest BCUT2D eigenvalue weighted by Crippen LogP contribution is 2.22. The largest absolute Gasteiger partial charge is 0.494 e. The van der Waals surface area contributed by atoms with Gasteiger partial charge in [0.2, 0.25) is 5.91 Å². The molecule has 0 aliphatic rings. The molecule has 0 radical (unpaired) electrons. The minimum atomic E-state index is -0.0703. The van der Waals surface area contributed by atoms with Gasteiger partial charge >= 0.3 is 0 Å². The number of aryl methyl sites for hydroxylation is 2. The average Bonchev–Trinajstić information content (AvgIpc) is 3.08. The number of hydrogen-bond acceptors (Lipinski definition) is 5. The molecule has 3 aromatic rings. The first-order valence-electron chi connectivity index (χ1n) is 8.54. The van der Waals surface area contributed by atoms with Crippen molar-refractivity contribution in [2.24, 2.45) is 7.05 Å². The minimum absolute atomic E-state index is 0.0703. The first-order chi connectivity index (χ1) is 13.0. The van der Waals surface area contributed by atoms with Gasteiger partial charge in [0.25, 0.3) is 0 Å². The third-order valence-corrected chi connectivity index (χ3v) is 4.40. The van der Waals surface area contributed by atoms with E-state index in [0.29, 0.717) is 36.0 Å². The summed E-state index contributed by atoms with van der Waals surface area (Å²) in [7, 11) is 1.77. The van der Waals surface area contributed by atoms with Gasteiger partial charge in [-0.3, -0.25) is 4.79 Å². The summed E-state index contributed by atoms with van der Waals surface area (Å²) in [6.45, 7) is 2.38. The van der Waals surface area contributed by atoms with Crippen LogP contribution in [0.3, 0.4) is 0 Å². The van der Waals surface area contributed by atoms with Gasteiger partial charge in [0.15, 0.2) is 5.82 Å². The van der Waals surface area contributed by atoms with Crippen molar-refractivity contribution in [2.75, 3.05) is 11.9 Å². The zero-order chi connectivity index (χ0) is 19.2. The molecule has 0 bridgehead atoms. The van der Waals surface area contributed by atoms with E-state index in [1.807, 2.05) is 43.3 Å². The molecule has 0 spiro atoms. The molecule has 0 fully saturated rings. The molecular weight excluding hydrogens is 366 g/mol. The smallest absolute Gasteiger partial charge is 0.224 e. The van der Waals surface area contributed by atoms with Crippen LogP contribution in [0.5, 0.6) is 5.75 Å². The van der Waals surface area contributed by atoms with Crippen LogP contribution in [-0.2, 0) is 11.8 Å². The molecule has 1 amide bonds. The Morgan fingerprint density at radius 2 is 2.11 bits per heavy atom. The molecule has 3 rings (SSSR count). The molecule has 0 aliphatic heterocycles. The molecule has 0 unspecified atom stereocenters. The van der Waals surface area contributed by atoms with Crippen molar-refractivity contribution in [3.05, 3.63) is 53.1 Å². The van der Waals surface area contributed by atoms with Crippen LogP contribution in [0.4, 0.5) is 5.69 Å². The van der Waals surface area contributed by atoms with E-state index in [-0.39, 0.29) is 5.91 Å². The second-order valence-electron chi connectivity index (χ2n) is 6.12. The average molecular weight is 386 g/mol. The molecule has 0 saturated carbocycles. The zero-order valence-electron chi connectivity index (χ0n) is 15.1. The maximum Gasteiger partial charge on any atom is 0.224 e. The highest BCUT2D eigenvalue weighted by atomic mass is 35.5. The first kappa shape index (κ1) is 18.8. The molecule has 27 heavy (non-hydrogen) atoms. The van der Waals surface area contributed by atoms with Gasteiger partial charge in [0.05, 0.1) is 6.61 Å². The topological polar surface area (TPSA) is 81.9 Å². The molecule has 0 saturated heterocycles. The number of anilines is 1. The van der Waals surface area contributed by atoms with E-state index < -0.39 is 0 Å². The number of nitrogens with zero attached hydrogens (tertiary/aromatic N) is 4. The van der Waals surface area contributed by atoms with E-state index in [9.17, 15) is 4.79 Å². The molecule has 2 aromatic carbocycles. The van der Waals surface area contributed by atoms with Crippen LogP contribution in [0.15, 0.2) is 42.5 Å². The zero-order valence-corrected chi connectivity index (χ0v) is 15.9. The lowest BCUT2D eigenvalue weighted by Gasteiger charge is -2.09. The summed E-state index contributed by atoms with van der Waals surface area (Å²) in [5, 5.41) is 15.0. The van der Waals surface area contributed by atoms with Crippen LogP contribution in [0.2, 0.25) is 5.02 Å². The summed E-state index contributed by atoms with van der Waals surface area (Å²) in [6.07, 6.45) is 0.975. The van der Waals surface area contributed by atoms with Gasteiger partial charge < -0.3 is 10.1 Å². The van der Waals surface area contributed by atoms with E-state index >= 15 is 0 Å². The number of ether oxygens (including phenoxy) is 1. The molecule has 8 heteroatoms. The quantitative estimate of drug-likeness (QED) is 0.628. The Morgan fingerprint density at radius 1 is 1.26 bits per heavy atom. The number of carbonyl (C=O) groups is 1. The molecule has 1 heterocycles. The fraction of sp³-hybridized carbons (Fsp3) is 0.263. The van der Waals surface area contributed by atoms with Gasteiger partial charge in [-0.15, -0.1) is 5.10 Å². The van der Waals surface area contributed by atoms with E-state index in [1.54, 1.807) is 17.8 Å². The Hall–Kier alpha value is -2.93. The van der Waals surface area contributed by atoms with Crippen molar-refractivity contribution in [1.82, 2.24) is 20.2 Å². The minimum Gasteiger partial charge on any atom is -0.494 e. The summed E-state index contributed by atoms with van der Waals surface area (Å²) >= 11 is 5.99. The summed E-state index contributed by atoms with van der Waals surface area (Å²) in [6, 6.07) is 12.9. The lowest BCUT2D eigenvalue weighted by molar-refractivity contribution is -0.116. The second kappa shape index (κ2) is 8.64. The van der Waals surface area contributed by atoms with E-state index in [4.69, 9.17) is 16.3 Å². The normalized spacial score (nSPS) is 10.6. The van der Waals surface area contributed by atoms with Crippen LogP contribution in [-0.4, -0.2) is 32.7 Å². The Morgan fingerprint density at radius 3 is 2.85 bits per heavy atom. The summed E-state index contributed by atoms with van der Waals surface area (Å²) < 4.78 is 7.24. The third-order valence-electron chi connectivity index (χ3n) is 3.97. The summed E-state index contributed by atoms with van der Waals surface area (Å²) in [4.78, 5) is 12.2. The second-order valence-corrected chi connectivity index (χ2v) is 6.53. The molecule has 1 aromatic heterocycles. The molecule has 140 valence electrons. The monoisotopic (exact) mass is 385 g/mol. The number of aromatic nitrogens is 4. The van der Waals surface area contributed by atoms with Crippen LogP contribution in [0, 0.1) is 6.92 Å². The molecular formula is C19H20ClN5O2. The van der Waals surface area contributed by atoms with Crippen molar-refractivity contribution in [3.63, 3.8) is 0 Å². The lowest BCUT2D eigenvalue weighted by atomic mass is 10.2. The number of carbonyl (C=O) groups excluding carboxylic acids is 1. The summed E-state index contributed by atoms with van der Waals surface area (Å²) in [5.41, 5.74) is 2.50. The first-order valence-corrected chi connectivity index (χ1v) is 8.92. The van der Waals surface area contributed by atoms with Gasteiger partial charge in [0, 0.05) is 29.7 Å². The number of halogens is 1. The van der Waals surface area contributed by atoms with Crippen molar-refractivity contribution < 1.29 is 9.53 Å². The van der Waals surface area contributed by atoms with E-state index in [2.05, 4.69) is 20.8 Å².